The first kappa shape index (κ1) is 12.1. The molecule has 0 N–H and O–H groups in total. The van der Waals surface area contributed by atoms with E-state index < -0.39 is 0 Å². The maximum atomic E-state index is 5.79. The molecule has 98 valence electrons. The molecule has 1 aromatic carbocycles. The van der Waals surface area contributed by atoms with Crippen LogP contribution in [0.15, 0.2) is 18.3 Å². The van der Waals surface area contributed by atoms with E-state index in [1.165, 1.54) is 0 Å². The van der Waals surface area contributed by atoms with Crippen molar-refractivity contribution in [3.8, 4) is 18.1 Å². The van der Waals surface area contributed by atoms with Crippen LogP contribution in [0.1, 0.15) is 31.1 Å². The molecule has 1 unspecified atom stereocenters. The summed E-state index contributed by atoms with van der Waals surface area (Å²) in [5.74, 6) is 3.43. The van der Waals surface area contributed by atoms with Gasteiger partial charge in [-0.05, 0) is 25.3 Å². The normalized spacial score (nSPS) is 19.3. The average molecular weight is 256 g/mol. The van der Waals surface area contributed by atoms with Crippen LogP contribution in [0.2, 0.25) is 0 Å². The van der Waals surface area contributed by atoms with Crippen molar-refractivity contribution in [2.75, 3.05) is 13.7 Å². The van der Waals surface area contributed by atoms with Crippen LogP contribution in [0.25, 0.3) is 10.9 Å². The highest BCUT2D eigenvalue weighted by atomic mass is 16.5. The van der Waals surface area contributed by atoms with Crippen LogP contribution in [0.3, 0.4) is 0 Å². The third-order valence-electron chi connectivity index (χ3n) is 3.51. The van der Waals surface area contributed by atoms with Gasteiger partial charge in [-0.2, -0.15) is 5.10 Å². The second-order valence-corrected chi connectivity index (χ2v) is 4.66. The first-order valence-electron chi connectivity index (χ1n) is 6.47. The Morgan fingerprint density at radius 3 is 3.05 bits per heavy atom. The molecule has 4 nitrogen and oxygen atoms in total. The zero-order chi connectivity index (χ0) is 13.2. The summed E-state index contributed by atoms with van der Waals surface area (Å²) in [6, 6.07) is 3.82. The summed E-state index contributed by atoms with van der Waals surface area (Å²) in [7, 11) is 1.64. The standard InChI is InChI=1S/C15H16N2O2/c1-3-11-8-12(18-2)9-14-13(11)10-16-17(14)15-6-4-5-7-19-15/h1,8-10,15H,4-7H2,2H3. The Hall–Kier alpha value is -1.99. The molecule has 0 spiro atoms. The summed E-state index contributed by atoms with van der Waals surface area (Å²) in [6.07, 6.45) is 10.6. The molecule has 1 aliphatic heterocycles. The number of ether oxygens (including phenoxy) is 2. The zero-order valence-electron chi connectivity index (χ0n) is 10.9. The molecule has 3 rings (SSSR count). The van der Waals surface area contributed by atoms with Crippen LogP contribution in [0, 0.1) is 12.3 Å². The first-order chi connectivity index (χ1) is 9.33. The van der Waals surface area contributed by atoms with Gasteiger partial charge in [0.1, 0.15) is 5.75 Å². The predicted octanol–water partition coefficient (Wildman–Crippen LogP) is 2.73. The minimum Gasteiger partial charge on any atom is -0.497 e. The molecular formula is C15H16N2O2. The fourth-order valence-corrected chi connectivity index (χ4v) is 2.50. The van der Waals surface area contributed by atoms with Gasteiger partial charge in [-0.15, -0.1) is 6.42 Å². The van der Waals surface area contributed by atoms with Crippen LogP contribution in [-0.4, -0.2) is 23.5 Å². The van der Waals surface area contributed by atoms with E-state index in [4.69, 9.17) is 15.9 Å². The van der Waals surface area contributed by atoms with Crippen LogP contribution < -0.4 is 4.74 Å². The number of aromatic nitrogens is 2. The number of hydrogen-bond donors (Lipinski definition) is 0. The van der Waals surface area contributed by atoms with Crippen molar-refractivity contribution in [2.24, 2.45) is 0 Å². The van der Waals surface area contributed by atoms with Crippen molar-refractivity contribution in [1.82, 2.24) is 9.78 Å². The molecule has 1 fully saturated rings. The lowest BCUT2D eigenvalue weighted by atomic mass is 10.1. The van der Waals surface area contributed by atoms with E-state index in [0.717, 1.165) is 48.1 Å². The Morgan fingerprint density at radius 2 is 2.37 bits per heavy atom. The van der Waals surface area contributed by atoms with Crippen LogP contribution in [-0.2, 0) is 4.74 Å². The van der Waals surface area contributed by atoms with Gasteiger partial charge in [0.25, 0.3) is 0 Å². The van der Waals surface area contributed by atoms with Crippen LogP contribution in [0.4, 0.5) is 0 Å². The number of rotatable bonds is 2. The molecule has 1 atom stereocenters. The molecule has 0 amide bonds. The minimum absolute atomic E-state index is 0.00369. The molecular weight excluding hydrogens is 240 g/mol. The molecule has 1 saturated heterocycles. The highest BCUT2D eigenvalue weighted by Crippen LogP contribution is 2.30. The number of benzene rings is 1. The molecule has 0 radical (unpaired) electrons. The number of fused-ring (bicyclic) bond motifs is 1. The van der Waals surface area contributed by atoms with Gasteiger partial charge in [-0.1, -0.05) is 5.92 Å². The van der Waals surface area contributed by atoms with E-state index in [-0.39, 0.29) is 6.23 Å². The summed E-state index contributed by atoms with van der Waals surface area (Å²) in [6.45, 7) is 0.790. The number of terminal acetylenes is 1. The molecule has 2 heterocycles. The molecule has 0 bridgehead atoms. The van der Waals surface area contributed by atoms with Gasteiger partial charge < -0.3 is 9.47 Å². The Morgan fingerprint density at radius 1 is 1.47 bits per heavy atom. The Bertz CT molecular complexity index is 633. The van der Waals surface area contributed by atoms with Gasteiger partial charge in [-0.3, -0.25) is 0 Å². The molecule has 19 heavy (non-hydrogen) atoms. The molecule has 4 heteroatoms. The Balaban J connectivity index is 2.13. The Kier molecular flexibility index (Phi) is 3.14. The smallest absolute Gasteiger partial charge is 0.150 e. The quantitative estimate of drug-likeness (QED) is 0.775. The maximum Gasteiger partial charge on any atom is 0.150 e. The maximum absolute atomic E-state index is 5.79. The summed E-state index contributed by atoms with van der Waals surface area (Å²) >= 11 is 0. The van der Waals surface area contributed by atoms with Gasteiger partial charge >= 0.3 is 0 Å². The zero-order valence-corrected chi connectivity index (χ0v) is 10.9. The van der Waals surface area contributed by atoms with Gasteiger partial charge in [0.15, 0.2) is 6.23 Å². The SMILES string of the molecule is C#Cc1cc(OC)cc2c1cnn2C1CCCCO1. The van der Waals surface area contributed by atoms with E-state index >= 15 is 0 Å². The van der Waals surface area contributed by atoms with E-state index in [1.807, 2.05) is 23.0 Å². The fraction of sp³-hybridized carbons (Fsp3) is 0.400. The molecule has 0 aliphatic carbocycles. The summed E-state index contributed by atoms with van der Waals surface area (Å²) in [5.41, 5.74) is 1.77. The summed E-state index contributed by atoms with van der Waals surface area (Å²) < 4.78 is 13.0. The average Bonchev–Trinajstić information content (AvgIpc) is 2.90. The van der Waals surface area contributed by atoms with Crippen LogP contribution in [0.5, 0.6) is 5.75 Å². The third-order valence-corrected chi connectivity index (χ3v) is 3.51. The van der Waals surface area contributed by atoms with E-state index in [0.29, 0.717) is 0 Å². The minimum atomic E-state index is 0.00369. The molecule has 1 aliphatic rings. The second-order valence-electron chi connectivity index (χ2n) is 4.66. The van der Waals surface area contributed by atoms with Gasteiger partial charge in [0, 0.05) is 23.6 Å². The topological polar surface area (TPSA) is 36.3 Å². The third kappa shape index (κ3) is 2.06. The fourth-order valence-electron chi connectivity index (χ4n) is 2.50. The Labute approximate surface area is 112 Å². The lowest BCUT2D eigenvalue weighted by Gasteiger charge is -2.23. The largest absolute Gasteiger partial charge is 0.497 e. The predicted molar refractivity (Wildman–Crippen MR) is 73.1 cm³/mol. The molecule has 0 saturated carbocycles. The van der Waals surface area contributed by atoms with Crippen molar-refractivity contribution in [1.29, 1.82) is 0 Å². The highest BCUT2D eigenvalue weighted by molar-refractivity contribution is 5.86. The van der Waals surface area contributed by atoms with Crippen molar-refractivity contribution in [3.63, 3.8) is 0 Å². The van der Waals surface area contributed by atoms with E-state index in [2.05, 4.69) is 11.0 Å². The van der Waals surface area contributed by atoms with E-state index in [9.17, 15) is 0 Å². The van der Waals surface area contributed by atoms with Gasteiger partial charge in [0.2, 0.25) is 0 Å². The van der Waals surface area contributed by atoms with Crippen molar-refractivity contribution >= 4 is 10.9 Å². The highest BCUT2D eigenvalue weighted by Gasteiger charge is 2.19. The monoisotopic (exact) mass is 256 g/mol. The van der Waals surface area contributed by atoms with Crippen molar-refractivity contribution < 1.29 is 9.47 Å². The number of nitrogens with zero attached hydrogens (tertiary/aromatic N) is 2. The summed E-state index contributed by atoms with van der Waals surface area (Å²) in [4.78, 5) is 0. The number of hydrogen-bond acceptors (Lipinski definition) is 3. The van der Waals surface area contributed by atoms with E-state index in [1.54, 1.807) is 7.11 Å². The molecule has 2 aromatic rings. The van der Waals surface area contributed by atoms with Crippen LogP contribution >= 0.6 is 0 Å². The number of methoxy groups -OCH3 is 1. The summed E-state index contributed by atoms with van der Waals surface area (Å²) in [5, 5.41) is 5.41. The van der Waals surface area contributed by atoms with Gasteiger partial charge in [0.05, 0.1) is 18.8 Å². The lowest BCUT2D eigenvalue weighted by molar-refractivity contribution is -0.0366. The van der Waals surface area contributed by atoms with Gasteiger partial charge in [-0.25, -0.2) is 4.68 Å². The first-order valence-corrected chi connectivity index (χ1v) is 6.47. The van der Waals surface area contributed by atoms with Crippen molar-refractivity contribution in [3.05, 3.63) is 23.9 Å². The lowest BCUT2D eigenvalue weighted by Crippen LogP contribution is -2.18. The second kappa shape index (κ2) is 4.94. The van der Waals surface area contributed by atoms with Crippen molar-refractivity contribution in [2.45, 2.75) is 25.5 Å². The molecule has 1 aromatic heterocycles.